The Morgan fingerprint density at radius 2 is 1.50 bits per heavy atom. The Labute approximate surface area is 146 Å². The maximum absolute atomic E-state index is 9.63. The van der Waals surface area contributed by atoms with Crippen molar-refractivity contribution >= 4 is 0 Å². The average molecular weight is 326 g/mol. The fourth-order valence-corrected chi connectivity index (χ4v) is 3.52. The van der Waals surface area contributed by atoms with Gasteiger partial charge < -0.3 is 10.2 Å². The molecule has 0 heterocycles. The second-order valence-corrected chi connectivity index (χ2v) is 6.63. The third kappa shape index (κ3) is 4.31. The van der Waals surface area contributed by atoms with E-state index >= 15 is 0 Å². The first kappa shape index (κ1) is 18.4. The topological polar surface area (TPSA) is 40.5 Å². The summed E-state index contributed by atoms with van der Waals surface area (Å²) in [6.07, 6.45) is 5.83. The highest BCUT2D eigenvalue weighted by molar-refractivity contribution is 5.42. The van der Waals surface area contributed by atoms with Crippen molar-refractivity contribution in [3.05, 3.63) is 59.2 Å². The van der Waals surface area contributed by atoms with Crippen molar-refractivity contribution in [3.63, 3.8) is 0 Å². The molecule has 0 amide bonds. The van der Waals surface area contributed by atoms with E-state index in [1.54, 1.807) is 18.2 Å². The minimum Gasteiger partial charge on any atom is -0.508 e. The molecule has 2 nitrogen and oxygen atoms in total. The van der Waals surface area contributed by atoms with Crippen LogP contribution < -0.4 is 0 Å². The van der Waals surface area contributed by atoms with Gasteiger partial charge in [-0.05, 0) is 72.1 Å². The summed E-state index contributed by atoms with van der Waals surface area (Å²) in [5.41, 5.74) is 3.95. The average Bonchev–Trinajstić information content (AvgIpc) is 2.61. The van der Waals surface area contributed by atoms with Gasteiger partial charge in [0.2, 0.25) is 0 Å². The molecular weight excluding hydrogens is 296 g/mol. The highest BCUT2D eigenvalue weighted by Crippen LogP contribution is 2.45. The standard InChI is InChI=1S/C18H20O2.C4H10/c1-2-16-17(12-3-6-14(19)7-4-12)9-5-13-11-15(20)8-10-18(13)16;1-3-4-2/h3-4,6-8,10-11,16-17,19-20H,2,5,9H2,1H3;3-4H2,1-2H3/t16?,17-;/m1./s1. The number of unbranched alkanes of at least 4 members (excludes halogenated alkanes) is 1. The van der Waals surface area contributed by atoms with Crippen LogP contribution in [0.3, 0.4) is 0 Å². The first-order valence-corrected chi connectivity index (χ1v) is 9.21. The number of aryl methyl sites for hydroxylation is 1. The molecule has 0 spiro atoms. The molecule has 2 aromatic carbocycles. The van der Waals surface area contributed by atoms with Crippen molar-refractivity contribution in [2.75, 3.05) is 0 Å². The van der Waals surface area contributed by atoms with E-state index in [1.807, 2.05) is 18.2 Å². The molecule has 2 N–H and O–H groups in total. The van der Waals surface area contributed by atoms with Crippen molar-refractivity contribution in [1.82, 2.24) is 0 Å². The Balaban J connectivity index is 0.000000471. The molecule has 1 aliphatic rings. The van der Waals surface area contributed by atoms with Crippen LogP contribution in [0.15, 0.2) is 42.5 Å². The molecule has 0 bridgehead atoms. The predicted molar refractivity (Wildman–Crippen MR) is 101 cm³/mol. The fourth-order valence-electron chi connectivity index (χ4n) is 3.52. The third-order valence-corrected chi connectivity index (χ3v) is 5.00. The fraction of sp³-hybridized carbons (Fsp3) is 0.455. The Kier molecular flexibility index (Phi) is 6.72. The van der Waals surface area contributed by atoms with E-state index in [0.29, 0.717) is 23.3 Å². The number of rotatable bonds is 3. The van der Waals surface area contributed by atoms with Gasteiger partial charge in [0.05, 0.1) is 0 Å². The van der Waals surface area contributed by atoms with Crippen molar-refractivity contribution < 1.29 is 10.2 Å². The van der Waals surface area contributed by atoms with Crippen LogP contribution in [0.5, 0.6) is 11.5 Å². The van der Waals surface area contributed by atoms with Gasteiger partial charge in [0.15, 0.2) is 0 Å². The summed E-state index contributed by atoms with van der Waals surface area (Å²) in [4.78, 5) is 0. The highest BCUT2D eigenvalue weighted by Gasteiger charge is 2.29. The zero-order valence-corrected chi connectivity index (χ0v) is 15.1. The molecule has 1 aliphatic carbocycles. The van der Waals surface area contributed by atoms with E-state index in [-0.39, 0.29) is 0 Å². The molecule has 0 saturated carbocycles. The van der Waals surface area contributed by atoms with Gasteiger partial charge in [-0.25, -0.2) is 0 Å². The first-order valence-electron chi connectivity index (χ1n) is 9.21. The highest BCUT2D eigenvalue weighted by atomic mass is 16.3. The Bertz CT molecular complexity index is 629. The van der Waals surface area contributed by atoms with E-state index in [9.17, 15) is 10.2 Å². The molecule has 3 rings (SSSR count). The number of benzene rings is 2. The zero-order valence-electron chi connectivity index (χ0n) is 15.1. The van der Waals surface area contributed by atoms with Gasteiger partial charge >= 0.3 is 0 Å². The predicted octanol–water partition coefficient (Wildman–Crippen LogP) is 6.13. The van der Waals surface area contributed by atoms with E-state index in [4.69, 9.17) is 0 Å². The molecule has 24 heavy (non-hydrogen) atoms. The lowest BCUT2D eigenvalue weighted by Gasteiger charge is -2.33. The zero-order chi connectivity index (χ0) is 17.5. The van der Waals surface area contributed by atoms with Gasteiger partial charge in [0.25, 0.3) is 0 Å². The number of phenols is 2. The van der Waals surface area contributed by atoms with Crippen LogP contribution in [0.4, 0.5) is 0 Å². The largest absolute Gasteiger partial charge is 0.508 e. The lowest BCUT2D eigenvalue weighted by atomic mass is 9.71. The van der Waals surface area contributed by atoms with Crippen LogP contribution in [0, 0.1) is 0 Å². The molecule has 0 radical (unpaired) electrons. The van der Waals surface area contributed by atoms with Crippen LogP contribution in [-0.4, -0.2) is 10.2 Å². The lowest BCUT2D eigenvalue weighted by molar-refractivity contribution is 0.449. The number of phenolic OH excluding ortho intramolecular Hbond substituents is 2. The summed E-state index contributed by atoms with van der Waals surface area (Å²) >= 11 is 0. The van der Waals surface area contributed by atoms with Gasteiger partial charge in [0, 0.05) is 0 Å². The molecule has 0 aliphatic heterocycles. The van der Waals surface area contributed by atoms with Crippen LogP contribution in [0.1, 0.15) is 75.0 Å². The molecule has 2 heteroatoms. The van der Waals surface area contributed by atoms with E-state index in [0.717, 1.165) is 19.3 Å². The van der Waals surface area contributed by atoms with Gasteiger partial charge in [-0.2, -0.15) is 0 Å². The minimum absolute atomic E-state index is 0.322. The van der Waals surface area contributed by atoms with Gasteiger partial charge in [-0.1, -0.05) is 51.8 Å². The lowest BCUT2D eigenvalue weighted by Crippen LogP contribution is -2.18. The number of fused-ring (bicyclic) bond motifs is 1. The maximum Gasteiger partial charge on any atom is 0.115 e. The van der Waals surface area contributed by atoms with Crippen molar-refractivity contribution in [3.8, 4) is 11.5 Å². The molecule has 130 valence electrons. The quantitative estimate of drug-likeness (QED) is 0.712. The molecule has 0 aromatic heterocycles. The molecular formula is C22H30O2. The van der Waals surface area contributed by atoms with Crippen molar-refractivity contribution in [1.29, 1.82) is 0 Å². The van der Waals surface area contributed by atoms with E-state index < -0.39 is 0 Å². The molecule has 0 fully saturated rings. The smallest absolute Gasteiger partial charge is 0.115 e. The van der Waals surface area contributed by atoms with Crippen LogP contribution in [0.25, 0.3) is 0 Å². The third-order valence-electron chi connectivity index (χ3n) is 5.00. The van der Waals surface area contributed by atoms with Crippen LogP contribution in [-0.2, 0) is 6.42 Å². The van der Waals surface area contributed by atoms with Gasteiger partial charge in [-0.15, -0.1) is 0 Å². The van der Waals surface area contributed by atoms with Crippen LogP contribution in [0.2, 0.25) is 0 Å². The Morgan fingerprint density at radius 1 is 0.875 bits per heavy atom. The summed E-state index contributed by atoms with van der Waals surface area (Å²) in [7, 11) is 0. The van der Waals surface area contributed by atoms with Gasteiger partial charge in [0.1, 0.15) is 11.5 Å². The summed E-state index contributed by atoms with van der Waals surface area (Å²) in [6.45, 7) is 6.58. The summed E-state index contributed by atoms with van der Waals surface area (Å²) in [5, 5.41) is 19.1. The van der Waals surface area contributed by atoms with Crippen LogP contribution >= 0.6 is 0 Å². The summed E-state index contributed by atoms with van der Waals surface area (Å²) < 4.78 is 0. The van der Waals surface area contributed by atoms with Crippen molar-refractivity contribution in [2.24, 2.45) is 0 Å². The molecule has 1 unspecified atom stereocenters. The second kappa shape index (κ2) is 8.77. The Morgan fingerprint density at radius 3 is 2.08 bits per heavy atom. The van der Waals surface area contributed by atoms with Gasteiger partial charge in [-0.3, -0.25) is 0 Å². The normalized spacial score (nSPS) is 19.1. The van der Waals surface area contributed by atoms with E-state index in [1.165, 1.54) is 29.5 Å². The number of hydrogen-bond donors (Lipinski definition) is 2. The Hall–Kier alpha value is -1.96. The summed E-state index contributed by atoms with van der Waals surface area (Å²) in [6, 6.07) is 13.4. The molecule has 0 saturated heterocycles. The van der Waals surface area contributed by atoms with Crippen molar-refractivity contribution in [2.45, 2.75) is 64.7 Å². The van der Waals surface area contributed by atoms with E-state index in [2.05, 4.69) is 26.8 Å². The first-order chi connectivity index (χ1) is 11.6. The number of aromatic hydroxyl groups is 2. The number of hydrogen-bond acceptors (Lipinski definition) is 2. The second-order valence-electron chi connectivity index (χ2n) is 6.63. The monoisotopic (exact) mass is 326 g/mol. The molecule has 2 aromatic rings. The maximum atomic E-state index is 9.63. The summed E-state index contributed by atoms with van der Waals surface area (Å²) in [5.74, 6) is 1.67. The molecule has 2 atom stereocenters. The SMILES string of the molecule is CCC1c2ccc(O)cc2CC[C@@H]1c1ccc(O)cc1.CCCC. The minimum atomic E-state index is 0.322.